The van der Waals surface area contributed by atoms with Gasteiger partial charge in [-0.15, -0.1) is 0 Å². The predicted octanol–water partition coefficient (Wildman–Crippen LogP) is 0.172. The van der Waals surface area contributed by atoms with Gasteiger partial charge in [0.1, 0.15) is 24.1 Å². The molecule has 1 aliphatic heterocycles. The summed E-state index contributed by atoms with van der Waals surface area (Å²) in [7, 11) is 0. The monoisotopic (exact) mass is 461 g/mol. The zero-order valence-corrected chi connectivity index (χ0v) is 17.0. The minimum Gasteiger partial charge on any atom is -0.479 e. The third-order valence-electron chi connectivity index (χ3n) is 5.44. The lowest BCUT2D eigenvalue weighted by Crippen LogP contribution is -2.52. The molecule has 13 heteroatoms. The lowest BCUT2D eigenvalue weighted by Gasteiger charge is -2.27. The maximum atomic E-state index is 14.9. The van der Waals surface area contributed by atoms with E-state index in [9.17, 15) is 29.3 Å². The van der Waals surface area contributed by atoms with E-state index in [1.54, 1.807) is 30.3 Å². The van der Waals surface area contributed by atoms with Crippen LogP contribution < -0.4 is 5.73 Å². The standard InChI is InChI=1S/C20H20FN5O7/c21-12-14(27)11(33-17(12)26-9-25-13-15(22)23-8-24-16(13)26)7-32-20(18(28)29,19(30)31)6-10-4-2-1-3-5-10/h1-5,8-9,11-12,14,17,27H,6-7H2,(H,28,29)(H,30,31)(H2,22,23,24)/t11-,12+,14-,17-/m1/s1. The lowest BCUT2D eigenvalue weighted by atomic mass is 9.94. The number of aliphatic hydroxyl groups is 1. The van der Waals surface area contributed by atoms with Crippen LogP contribution in [0.2, 0.25) is 0 Å². The van der Waals surface area contributed by atoms with Gasteiger partial charge in [-0.25, -0.2) is 28.9 Å². The van der Waals surface area contributed by atoms with Crippen molar-refractivity contribution < 1.29 is 38.8 Å². The van der Waals surface area contributed by atoms with E-state index in [1.165, 1.54) is 10.9 Å². The molecule has 4 atom stereocenters. The zero-order chi connectivity index (χ0) is 23.8. The van der Waals surface area contributed by atoms with Gasteiger partial charge in [-0.2, -0.15) is 0 Å². The van der Waals surface area contributed by atoms with Crippen LogP contribution in [0.3, 0.4) is 0 Å². The molecule has 1 aromatic carbocycles. The Kier molecular flexibility index (Phi) is 5.93. The highest BCUT2D eigenvalue weighted by atomic mass is 19.1. The van der Waals surface area contributed by atoms with Crippen molar-refractivity contribution in [3.8, 4) is 0 Å². The number of imidazole rings is 1. The Morgan fingerprint density at radius 3 is 2.55 bits per heavy atom. The van der Waals surface area contributed by atoms with E-state index in [-0.39, 0.29) is 17.0 Å². The molecule has 3 aromatic rings. The summed E-state index contributed by atoms with van der Waals surface area (Å²) in [6.45, 7) is -0.701. The van der Waals surface area contributed by atoms with E-state index in [2.05, 4.69) is 15.0 Å². The Balaban J connectivity index is 1.55. The average Bonchev–Trinajstić information content (AvgIpc) is 3.34. The number of anilines is 1. The SMILES string of the molecule is Nc1ncnc2c1ncn2[C@@H]1O[C@H](COC(Cc2ccccc2)(C(=O)O)C(=O)O)[C@@H](O)[C@@H]1F. The van der Waals surface area contributed by atoms with Gasteiger partial charge in [-0.1, -0.05) is 30.3 Å². The van der Waals surface area contributed by atoms with Crippen LogP contribution in [0.1, 0.15) is 11.8 Å². The Morgan fingerprint density at radius 2 is 1.88 bits per heavy atom. The number of aliphatic carboxylic acids is 2. The summed E-state index contributed by atoms with van der Waals surface area (Å²) in [6.07, 6.45) is -4.56. The number of aliphatic hydroxyl groups excluding tert-OH is 1. The molecule has 1 aliphatic rings. The van der Waals surface area contributed by atoms with Gasteiger partial charge in [0.05, 0.1) is 12.9 Å². The quantitative estimate of drug-likeness (QED) is 0.335. The molecule has 1 fully saturated rings. The van der Waals surface area contributed by atoms with E-state index in [0.29, 0.717) is 5.56 Å². The molecule has 5 N–H and O–H groups in total. The van der Waals surface area contributed by atoms with Crippen LogP contribution >= 0.6 is 0 Å². The molecule has 2 aromatic heterocycles. The van der Waals surface area contributed by atoms with Crippen molar-refractivity contribution in [2.45, 2.75) is 36.6 Å². The first-order chi connectivity index (χ1) is 15.7. The molecule has 0 saturated carbocycles. The summed E-state index contributed by atoms with van der Waals surface area (Å²) in [4.78, 5) is 35.7. The molecule has 33 heavy (non-hydrogen) atoms. The lowest BCUT2D eigenvalue weighted by molar-refractivity contribution is -0.190. The number of carbonyl (C=O) groups is 2. The number of hydrogen-bond acceptors (Lipinski definition) is 9. The van der Waals surface area contributed by atoms with E-state index in [1.807, 2.05) is 0 Å². The number of rotatable bonds is 8. The van der Waals surface area contributed by atoms with Gasteiger partial charge in [0.25, 0.3) is 5.60 Å². The maximum Gasteiger partial charge on any atom is 0.348 e. The van der Waals surface area contributed by atoms with Gasteiger partial charge in [0.2, 0.25) is 0 Å². The third-order valence-corrected chi connectivity index (χ3v) is 5.44. The van der Waals surface area contributed by atoms with Crippen molar-refractivity contribution in [2.75, 3.05) is 12.3 Å². The van der Waals surface area contributed by atoms with E-state index in [4.69, 9.17) is 15.2 Å². The first-order valence-corrected chi connectivity index (χ1v) is 9.80. The Hall–Kier alpha value is -3.68. The van der Waals surface area contributed by atoms with E-state index >= 15 is 0 Å². The van der Waals surface area contributed by atoms with Crippen molar-refractivity contribution in [3.05, 3.63) is 48.5 Å². The predicted molar refractivity (Wildman–Crippen MR) is 109 cm³/mol. The first kappa shape index (κ1) is 22.5. The number of nitrogen functional groups attached to an aromatic ring is 1. The topological polar surface area (TPSA) is 183 Å². The molecular weight excluding hydrogens is 441 g/mol. The number of nitrogens with two attached hydrogens (primary N) is 1. The molecule has 0 spiro atoms. The van der Waals surface area contributed by atoms with Crippen LogP contribution in [0.15, 0.2) is 43.0 Å². The number of fused-ring (bicyclic) bond motifs is 1. The van der Waals surface area contributed by atoms with Gasteiger partial charge in [0, 0.05) is 6.42 Å². The highest BCUT2D eigenvalue weighted by Gasteiger charge is 2.51. The number of benzene rings is 1. The number of carboxylic acids is 2. The molecular formula is C20H20FN5O7. The highest BCUT2D eigenvalue weighted by molar-refractivity contribution is 6.02. The second-order valence-corrected chi connectivity index (χ2v) is 7.49. The number of hydrogen-bond donors (Lipinski definition) is 4. The van der Waals surface area contributed by atoms with Crippen molar-refractivity contribution in [2.24, 2.45) is 0 Å². The van der Waals surface area contributed by atoms with Crippen LogP contribution in [-0.4, -0.2) is 77.4 Å². The smallest absolute Gasteiger partial charge is 0.348 e. The minimum atomic E-state index is -2.67. The molecule has 4 rings (SSSR count). The number of carboxylic acid groups (broad SMARTS) is 2. The number of alkyl halides is 1. The molecule has 12 nitrogen and oxygen atoms in total. The van der Waals surface area contributed by atoms with Crippen LogP contribution in [0, 0.1) is 0 Å². The molecule has 0 amide bonds. The fraction of sp³-hybridized carbons (Fsp3) is 0.350. The summed E-state index contributed by atoms with van der Waals surface area (Å²) in [5.41, 5.74) is 3.84. The van der Waals surface area contributed by atoms with Crippen LogP contribution in [0.5, 0.6) is 0 Å². The summed E-state index contributed by atoms with van der Waals surface area (Å²) < 4.78 is 27.0. The zero-order valence-electron chi connectivity index (χ0n) is 17.0. The molecule has 0 bridgehead atoms. The minimum absolute atomic E-state index is 0.0706. The maximum absolute atomic E-state index is 14.9. The van der Waals surface area contributed by atoms with Crippen LogP contribution in [0.4, 0.5) is 10.2 Å². The number of aromatic nitrogens is 4. The van der Waals surface area contributed by atoms with Gasteiger partial charge in [-0.05, 0) is 5.56 Å². The average molecular weight is 461 g/mol. The molecule has 0 aliphatic carbocycles. The van der Waals surface area contributed by atoms with Gasteiger partial charge < -0.3 is 30.5 Å². The van der Waals surface area contributed by atoms with Crippen LogP contribution in [0.25, 0.3) is 11.2 Å². The second kappa shape index (κ2) is 8.69. The van der Waals surface area contributed by atoms with Crippen molar-refractivity contribution >= 4 is 28.9 Å². The second-order valence-electron chi connectivity index (χ2n) is 7.49. The fourth-order valence-corrected chi connectivity index (χ4v) is 3.65. The highest BCUT2D eigenvalue weighted by Crippen LogP contribution is 2.35. The van der Waals surface area contributed by atoms with Crippen molar-refractivity contribution in [1.29, 1.82) is 0 Å². The van der Waals surface area contributed by atoms with Crippen LogP contribution in [-0.2, 0) is 25.5 Å². The molecule has 174 valence electrons. The Bertz CT molecular complexity index is 1160. The molecule has 1 saturated heterocycles. The summed E-state index contributed by atoms with van der Waals surface area (Å²) in [5, 5.41) is 29.7. The number of halogens is 1. The third kappa shape index (κ3) is 3.97. The fourth-order valence-electron chi connectivity index (χ4n) is 3.65. The first-order valence-electron chi connectivity index (χ1n) is 9.80. The van der Waals surface area contributed by atoms with Crippen molar-refractivity contribution in [1.82, 2.24) is 19.5 Å². The van der Waals surface area contributed by atoms with Crippen molar-refractivity contribution in [3.63, 3.8) is 0 Å². The van der Waals surface area contributed by atoms with Gasteiger partial charge in [-0.3, -0.25) is 4.57 Å². The van der Waals surface area contributed by atoms with Gasteiger partial charge in [0.15, 0.2) is 23.9 Å². The number of ether oxygens (including phenoxy) is 2. The summed E-state index contributed by atoms with van der Waals surface area (Å²) in [5.74, 6) is -3.42. The van der Waals surface area contributed by atoms with Gasteiger partial charge >= 0.3 is 11.9 Å². The number of nitrogens with zero attached hydrogens (tertiary/aromatic N) is 4. The molecule has 0 radical (unpaired) electrons. The Morgan fingerprint density at radius 1 is 1.18 bits per heavy atom. The largest absolute Gasteiger partial charge is 0.479 e. The summed E-state index contributed by atoms with van der Waals surface area (Å²) >= 11 is 0. The molecule has 0 unspecified atom stereocenters. The van der Waals surface area contributed by atoms with E-state index < -0.39 is 55.2 Å². The normalized spacial score (nSPS) is 23.1. The molecule has 3 heterocycles. The summed E-state index contributed by atoms with van der Waals surface area (Å²) in [6, 6.07) is 8.04. The Labute approximate surface area is 185 Å². The van der Waals surface area contributed by atoms with E-state index in [0.717, 1.165) is 6.33 Å².